The molecular formula is C10H18N2O4. The zero-order valence-corrected chi connectivity index (χ0v) is 9.96. The van der Waals surface area contributed by atoms with Crippen molar-refractivity contribution in [3.63, 3.8) is 0 Å². The van der Waals surface area contributed by atoms with Crippen LogP contribution >= 0.6 is 0 Å². The summed E-state index contributed by atoms with van der Waals surface area (Å²) in [5.74, 6) is -0.407. The Balaban J connectivity index is 2.60. The fourth-order valence-corrected chi connectivity index (χ4v) is 1.40. The average molecular weight is 230 g/mol. The number of hydrogen-bond acceptors (Lipinski definition) is 4. The van der Waals surface area contributed by atoms with Crippen molar-refractivity contribution in [3.05, 3.63) is 0 Å². The molecule has 1 aliphatic rings. The van der Waals surface area contributed by atoms with E-state index < -0.39 is 29.2 Å². The van der Waals surface area contributed by atoms with Gasteiger partial charge in [0.05, 0.1) is 0 Å². The van der Waals surface area contributed by atoms with Crippen LogP contribution in [0.4, 0.5) is 4.79 Å². The Labute approximate surface area is 94.3 Å². The Morgan fingerprint density at radius 2 is 2.19 bits per heavy atom. The number of carbonyl (C=O) groups excluding carboxylic acids is 2. The zero-order valence-electron chi connectivity index (χ0n) is 9.96. The van der Waals surface area contributed by atoms with Crippen LogP contribution < -0.4 is 10.6 Å². The van der Waals surface area contributed by atoms with E-state index in [2.05, 4.69) is 10.6 Å². The van der Waals surface area contributed by atoms with Gasteiger partial charge in [0.25, 0.3) is 0 Å². The Kier molecular flexibility index (Phi) is 3.14. The van der Waals surface area contributed by atoms with Gasteiger partial charge in [0.1, 0.15) is 17.2 Å². The van der Waals surface area contributed by atoms with Crippen molar-refractivity contribution in [3.8, 4) is 0 Å². The van der Waals surface area contributed by atoms with Crippen LogP contribution in [0.5, 0.6) is 0 Å². The van der Waals surface area contributed by atoms with Gasteiger partial charge in [-0.05, 0) is 27.7 Å². The van der Waals surface area contributed by atoms with E-state index in [1.54, 1.807) is 20.8 Å². The van der Waals surface area contributed by atoms with Crippen LogP contribution in [-0.2, 0) is 9.53 Å². The number of β-amino-alcohol motifs (C(OH)–C–C–N with tert-alkyl or cyclic N) is 1. The fraction of sp³-hybridized carbons (Fsp3) is 0.800. The van der Waals surface area contributed by atoms with Crippen LogP contribution in [0.1, 0.15) is 27.7 Å². The van der Waals surface area contributed by atoms with Gasteiger partial charge in [-0.2, -0.15) is 0 Å². The van der Waals surface area contributed by atoms with Crippen LogP contribution in [0.15, 0.2) is 0 Å². The molecule has 16 heavy (non-hydrogen) atoms. The highest BCUT2D eigenvalue weighted by atomic mass is 16.6. The molecule has 0 radical (unpaired) electrons. The second-order valence-electron chi connectivity index (χ2n) is 5.15. The first-order chi connectivity index (χ1) is 7.12. The Morgan fingerprint density at radius 1 is 1.62 bits per heavy atom. The molecule has 0 bridgehead atoms. The third-order valence-electron chi connectivity index (χ3n) is 2.17. The lowest BCUT2D eigenvalue weighted by molar-refractivity contribution is -0.122. The summed E-state index contributed by atoms with van der Waals surface area (Å²) in [7, 11) is 0. The van der Waals surface area contributed by atoms with Gasteiger partial charge in [-0.1, -0.05) is 0 Å². The number of alkyl carbamates (subject to hydrolysis) is 1. The lowest BCUT2D eigenvalue weighted by Gasteiger charge is -2.25. The molecule has 0 spiro atoms. The molecule has 92 valence electrons. The molecule has 1 saturated heterocycles. The van der Waals surface area contributed by atoms with Crippen LogP contribution in [0.3, 0.4) is 0 Å². The quantitative estimate of drug-likeness (QED) is 0.580. The van der Waals surface area contributed by atoms with Crippen molar-refractivity contribution < 1.29 is 19.4 Å². The van der Waals surface area contributed by atoms with Crippen molar-refractivity contribution in [2.75, 3.05) is 6.54 Å². The van der Waals surface area contributed by atoms with Crippen molar-refractivity contribution in [1.82, 2.24) is 10.6 Å². The van der Waals surface area contributed by atoms with Gasteiger partial charge in [-0.3, -0.25) is 4.79 Å². The van der Waals surface area contributed by atoms with Gasteiger partial charge in [0.15, 0.2) is 0 Å². The minimum atomic E-state index is -1.28. The van der Waals surface area contributed by atoms with Crippen molar-refractivity contribution in [2.24, 2.45) is 0 Å². The number of nitrogens with one attached hydrogen (secondary N) is 2. The molecule has 2 amide bonds. The number of aliphatic hydroxyl groups is 1. The van der Waals surface area contributed by atoms with Crippen LogP contribution in [0, 0.1) is 0 Å². The highest BCUT2D eigenvalue weighted by Gasteiger charge is 2.44. The molecule has 1 rings (SSSR count). The Hall–Kier alpha value is -1.30. The summed E-state index contributed by atoms with van der Waals surface area (Å²) in [6, 6.07) is -0.970. The molecular weight excluding hydrogens is 212 g/mol. The molecule has 0 aliphatic carbocycles. The number of hydrogen-bond donors (Lipinski definition) is 3. The molecule has 0 saturated carbocycles. The maximum absolute atomic E-state index is 11.4. The lowest BCUT2D eigenvalue weighted by Crippen LogP contribution is -2.52. The minimum absolute atomic E-state index is 0.117. The molecule has 0 aromatic heterocycles. The predicted molar refractivity (Wildman–Crippen MR) is 56.8 cm³/mol. The maximum atomic E-state index is 11.4. The summed E-state index contributed by atoms with van der Waals surface area (Å²) in [6.07, 6.45) is -0.713. The first kappa shape index (κ1) is 12.8. The molecule has 2 atom stereocenters. The molecule has 1 aliphatic heterocycles. The monoisotopic (exact) mass is 230 g/mol. The third kappa shape index (κ3) is 3.10. The average Bonchev–Trinajstić information content (AvgIpc) is 2.28. The van der Waals surface area contributed by atoms with Crippen LogP contribution in [0.2, 0.25) is 0 Å². The number of ether oxygens (including phenoxy) is 1. The van der Waals surface area contributed by atoms with E-state index in [1.807, 2.05) is 0 Å². The topological polar surface area (TPSA) is 87.7 Å². The summed E-state index contributed by atoms with van der Waals surface area (Å²) in [4.78, 5) is 22.8. The summed E-state index contributed by atoms with van der Waals surface area (Å²) < 4.78 is 5.00. The SMILES string of the molecule is CC(C)(C)OC(=O)N[C@H]1C(=O)NC[C@@]1(C)O. The fourth-order valence-electron chi connectivity index (χ4n) is 1.40. The van der Waals surface area contributed by atoms with Crippen molar-refractivity contribution in [1.29, 1.82) is 0 Å². The largest absolute Gasteiger partial charge is 0.444 e. The van der Waals surface area contributed by atoms with Crippen LogP contribution in [0.25, 0.3) is 0 Å². The first-order valence-electron chi connectivity index (χ1n) is 5.11. The Morgan fingerprint density at radius 3 is 2.56 bits per heavy atom. The molecule has 0 aromatic carbocycles. The van der Waals surface area contributed by atoms with Crippen molar-refractivity contribution in [2.45, 2.75) is 44.9 Å². The van der Waals surface area contributed by atoms with E-state index >= 15 is 0 Å². The van der Waals surface area contributed by atoms with Crippen molar-refractivity contribution >= 4 is 12.0 Å². The first-order valence-corrected chi connectivity index (χ1v) is 5.11. The standard InChI is InChI=1S/C10H18N2O4/c1-9(2,3)16-8(14)12-6-7(13)11-5-10(6,4)15/h6,15H,5H2,1-4H3,(H,11,13)(H,12,14)/t6-,10+/m0/s1. The number of rotatable bonds is 1. The van der Waals surface area contributed by atoms with E-state index in [0.29, 0.717) is 0 Å². The molecule has 0 aromatic rings. The van der Waals surface area contributed by atoms with E-state index in [1.165, 1.54) is 6.92 Å². The van der Waals surface area contributed by atoms with Gasteiger partial charge in [0.2, 0.25) is 5.91 Å². The molecule has 6 heteroatoms. The van der Waals surface area contributed by atoms with Gasteiger partial charge < -0.3 is 20.5 Å². The van der Waals surface area contributed by atoms with Gasteiger partial charge in [0, 0.05) is 6.54 Å². The third-order valence-corrected chi connectivity index (χ3v) is 2.17. The van der Waals surface area contributed by atoms with E-state index in [0.717, 1.165) is 0 Å². The smallest absolute Gasteiger partial charge is 0.408 e. The molecule has 0 unspecified atom stereocenters. The summed E-state index contributed by atoms with van der Waals surface area (Å²) in [5.41, 5.74) is -1.92. The van der Waals surface area contributed by atoms with Gasteiger partial charge in [-0.15, -0.1) is 0 Å². The lowest BCUT2D eigenvalue weighted by atomic mass is 10.0. The normalized spacial score (nSPS) is 29.8. The molecule has 1 heterocycles. The summed E-state index contributed by atoms with van der Waals surface area (Å²) >= 11 is 0. The van der Waals surface area contributed by atoms with E-state index in [4.69, 9.17) is 4.74 Å². The summed E-state index contributed by atoms with van der Waals surface area (Å²) in [5, 5.41) is 14.6. The second-order valence-corrected chi connectivity index (χ2v) is 5.15. The molecule has 6 nitrogen and oxygen atoms in total. The maximum Gasteiger partial charge on any atom is 0.408 e. The highest BCUT2D eigenvalue weighted by molar-refractivity contribution is 5.89. The summed E-state index contributed by atoms with van der Waals surface area (Å²) in [6.45, 7) is 6.76. The molecule has 3 N–H and O–H groups in total. The van der Waals surface area contributed by atoms with Gasteiger partial charge in [-0.25, -0.2) is 4.79 Å². The van der Waals surface area contributed by atoms with E-state index in [9.17, 15) is 14.7 Å². The Bertz CT molecular complexity index is 306. The zero-order chi connectivity index (χ0) is 12.6. The second kappa shape index (κ2) is 3.93. The predicted octanol–water partition coefficient (Wildman–Crippen LogP) is -0.240. The molecule has 1 fully saturated rings. The number of carbonyl (C=O) groups is 2. The minimum Gasteiger partial charge on any atom is -0.444 e. The highest BCUT2D eigenvalue weighted by Crippen LogP contribution is 2.16. The van der Waals surface area contributed by atoms with E-state index in [-0.39, 0.29) is 6.54 Å². The van der Waals surface area contributed by atoms with Crippen LogP contribution in [-0.4, -0.2) is 40.9 Å². The van der Waals surface area contributed by atoms with Gasteiger partial charge >= 0.3 is 6.09 Å². The number of amides is 2.